The molecule has 0 spiro atoms. The molecular weight excluding hydrogens is 321 g/mol. The standard InChI is InChI=1S/C19H18FN3O2/c1-14(15-5-3-2-4-6-15)22-19(24)13-23-12-18(11-21-23)25-17-9-7-16(20)8-10-17/h2-12,14H,13H2,1H3,(H,22,24). The van der Waals surface area contributed by atoms with E-state index in [-0.39, 0.29) is 24.3 Å². The molecule has 1 N–H and O–H groups in total. The van der Waals surface area contributed by atoms with Gasteiger partial charge in [0, 0.05) is 0 Å². The molecule has 1 unspecified atom stereocenters. The van der Waals surface area contributed by atoms with E-state index in [1.165, 1.54) is 35.1 Å². The van der Waals surface area contributed by atoms with Gasteiger partial charge in [-0.15, -0.1) is 0 Å². The van der Waals surface area contributed by atoms with E-state index in [1.807, 2.05) is 37.3 Å². The van der Waals surface area contributed by atoms with E-state index in [4.69, 9.17) is 4.74 Å². The molecule has 0 radical (unpaired) electrons. The molecule has 1 aromatic heterocycles. The second-order valence-corrected chi connectivity index (χ2v) is 5.63. The number of ether oxygens (including phenoxy) is 1. The van der Waals surface area contributed by atoms with Crippen LogP contribution in [0.3, 0.4) is 0 Å². The Hall–Kier alpha value is -3.15. The molecule has 1 atom stereocenters. The minimum atomic E-state index is -0.327. The largest absolute Gasteiger partial charge is 0.454 e. The summed E-state index contributed by atoms with van der Waals surface area (Å²) in [7, 11) is 0. The third-order valence-electron chi connectivity index (χ3n) is 3.64. The first-order chi connectivity index (χ1) is 12.1. The molecule has 5 nitrogen and oxygen atoms in total. The maximum absolute atomic E-state index is 12.9. The fraction of sp³-hybridized carbons (Fsp3) is 0.158. The molecule has 1 amide bonds. The van der Waals surface area contributed by atoms with Crippen molar-refractivity contribution in [2.45, 2.75) is 19.5 Å². The van der Waals surface area contributed by atoms with Gasteiger partial charge in [0.15, 0.2) is 5.75 Å². The predicted octanol–water partition coefficient (Wildman–Crippen LogP) is 3.69. The van der Waals surface area contributed by atoms with Crippen LogP contribution in [0.2, 0.25) is 0 Å². The first-order valence-corrected chi connectivity index (χ1v) is 7.90. The number of rotatable bonds is 6. The lowest BCUT2D eigenvalue weighted by atomic mass is 10.1. The summed E-state index contributed by atoms with van der Waals surface area (Å²) < 4.78 is 19.9. The van der Waals surface area contributed by atoms with Crippen LogP contribution in [0.15, 0.2) is 67.0 Å². The van der Waals surface area contributed by atoms with Gasteiger partial charge in [0.05, 0.1) is 18.4 Å². The van der Waals surface area contributed by atoms with Gasteiger partial charge < -0.3 is 10.1 Å². The molecule has 0 saturated carbocycles. The normalized spacial score (nSPS) is 11.8. The van der Waals surface area contributed by atoms with Gasteiger partial charge in [-0.25, -0.2) is 4.39 Å². The zero-order valence-electron chi connectivity index (χ0n) is 13.7. The Bertz CT molecular complexity index is 831. The third-order valence-corrected chi connectivity index (χ3v) is 3.64. The molecular formula is C19H18FN3O2. The van der Waals surface area contributed by atoms with Gasteiger partial charge >= 0.3 is 0 Å². The Labute approximate surface area is 145 Å². The Morgan fingerprint density at radius 1 is 1.16 bits per heavy atom. The van der Waals surface area contributed by atoms with Crippen LogP contribution in [0.5, 0.6) is 11.5 Å². The predicted molar refractivity (Wildman–Crippen MR) is 91.7 cm³/mol. The minimum Gasteiger partial charge on any atom is -0.454 e. The lowest BCUT2D eigenvalue weighted by molar-refractivity contribution is -0.122. The average Bonchev–Trinajstić information content (AvgIpc) is 3.04. The van der Waals surface area contributed by atoms with Gasteiger partial charge in [-0.1, -0.05) is 30.3 Å². The van der Waals surface area contributed by atoms with Crippen LogP contribution in [0, 0.1) is 5.82 Å². The van der Waals surface area contributed by atoms with Gasteiger partial charge in [-0.3, -0.25) is 9.48 Å². The molecule has 0 saturated heterocycles. The monoisotopic (exact) mass is 339 g/mol. The molecule has 0 fully saturated rings. The first kappa shape index (κ1) is 16.7. The van der Waals surface area contributed by atoms with E-state index < -0.39 is 0 Å². The smallest absolute Gasteiger partial charge is 0.242 e. The molecule has 25 heavy (non-hydrogen) atoms. The highest BCUT2D eigenvalue weighted by atomic mass is 19.1. The second-order valence-electron chi connectivity index (χ2n) is 5.63. The first-order valence-electron chi connectivity index (χ1n) is 7.90. The number of halogens is 1. The number of nitrogens with one attached hydrogen (secondary N) is 1. The Kier molecular flexibility index (Phi) is 5.09. The number of amides is 1. The van der Waals surface area contributed by atoms with Crippen LogP contribution >= 0.6 is 0 Å². The van der Waals surface area contributed by atoms with Crippen molar-refractivity contribution in [2.75, 3.05) is 0 Å². The number of nitrogens with zero attached hydrogens (tertiary/aromatic N) is 2. The van der Waals surface area contributed by atoms with E-state index in [1.54, 1.807) is 6.20 Å². The lowest BCUT2D eigenvalue weighted by Gasteiger charge is -2.14. The average molecular weight is 339 g/mol. The summed E-state index contributed by atoms with van der Waals surface area (Å²) in [4.78, 5) is 12.1. The van der Waals surface area contributed by atoms with E-state index in [9.17, 15) is 9.18 Å². The molecule has 2 aromatic carbocycles. The summed E-state index contributed by atoms with van der Waals surface area (Å²) >= 11 is 0. The highest BCUT2D eigenvalue weighted by Crippen LogP contribution is 2.20. The molecule has 128 valence electrons. The zero-order chi connectivity index (χ0) is 17.6. The van der Waals surface area contributed by atoms with Crippen molar-refractivity contribution in [3.05, 3.63) is 78.4 Å². The van der Waals surface area contributed by atoms with Crippen molar-refractivity contribution in [1.82, 2.24) is 15.1 Å². The number of carbonyl (C=O) groups excluding carboxylic acids is 1. The zero-order valence-corrected chi connectivity index (χ0v) is 13.7. The highest BCUT2D eigenvalue weighted by molar-refractivity contribution is 5.76. The number of carbonyl (C=O) groups is 1. The summed E-state index contributed by atoms with van der Waals surface area (Å²) in [6.07, 6.45) is 3.13. The van der Waals surface area contributed by atoms with Gasteiger partial charge in [0.1, 0.15) is 18.1 Å². The number of hydrogen-bond donors (Lipinski definition) is 1. The summed E-state index contributed by atoms with van der Waals surface area (Å²) in [5, 5.41) is 7.03. The number of hydrogen-bond acceptors (Lipinski definition) is 3. The van der Waals surface area contributed by atoms with Crippen LogP contribution in [0.25, 0.3) is 0 Å². The molecule has 0 bridgehead atoms. The number of benzene rings is 2. The second kappa shape index (κ2) is 7.61. The van der Waals surface area contributed by atoms with Gasteiger partial charge in [0.2, 0.25) is 5.91 Å². The quantitative estimate of drug-likeness (QED) is 0.745. The topological polar surface area (TPSA) is 56.2 Å². The van der Waals surface area contributed by atoms with Crippen LogP contribution in [0.4, 0.5) is 4.39 Å². The fourth-order valence-electron chi connectivity index (χ4n) is 2.38. The Balaban J connectivity index is 1.55. The molecule has 6 heteroatoms. The number of aromatic nitrogens is 2. The van der Waals surface area contributed by atoms with E-state index >= 15 is 0 Å². The van der Waals surface area contributed by atoms with Gasteiger partial charge in [-0.2, -0.15) is 5.10 Å². The molecule has 0 aliphatic rings. The van der Waals surface area contributed by atoms with E-state index in [0.717, 1.165) is 5.56 Å². The third kappa shape index (κ3) is 4.67. The SMILES string of the molecule is CC(NC(=O)Cn1cc(Oc2ccc(F)cc2)cn1)c1ccccc1. The summed E-state index contributed by atoms with van der Waals surface area (Å²) in [6, 6.07) is 15.3. The van der Waals surface area contributed by atoms with Crippen LogP contribution in [-0.4, -0.2) is 15.7 Å². The van der Waals surface area contributed by atoms with Gasteiger partial charge in [-0.05, 0) is 36.8 Å². The van der Waals surface area contributed by atoms with Crippen molar-refractivity contribution in [3.8, 4) is 11.5 Å². The van der Waals surface area contributed by atoms with E-state index in [0.29, 0.717) is 11.5 Å². The van der Waals surface area contributed by atoms with Crippen molar-refractivity contribution >= 4 is 5.91 Å². The fourth-order valence-corrected chi connectivity index (χ4v) is 2.38. The van der Waals surface area contributed by atoms with Crippen LogP contribution < -0.4 is 10.1 Å². The summed E-state index contributed by atoms with van der Waals surface area (Å²) in [5.74, 6) is 0.513. The molecule has 3 aromatic rings. The minimum absolute atomic E-state index is 0.0841. The van der Waals surface area contributed by atoms with Gasteiger partial charge in [0.25, 0.3) is 0 Å². The molecule has 0 aliphatic carbocycles. The van der Waals surface area contributed by atoms with E-state index in [2.05, 4.69) is 10.4 Å². The summed E-state index contributed by atoms with van der Waals surface area (Å²) in [6.45, 7) is 2.02. The summed E-state index contributed by atoms with van der Waals surface area (Å²) in [5.41, 5.74) is 1.04. The maximum atomic E-state index is 12.9. The Morgan fingerprint density at radius 3 is 2.60 bits per heavy atom. The highest BCUT2D eigenvalue weighted by Gasteiger charge is 2.11. The van der Waals surface area contributed by atoms with Crippen LogP contribution in [0.1, 0.15) is 18.5 Å². The molecule has 3 rings (SSSR count). The maximum Gasteiger partial charge on any atom is 0.242 e. The van der Waals surface area contributed by atoms with Crippen molar-refractivity contribution in [3.63, 3.8) is 0 Å². The van der Waals surface area contributed by atoms with Crippen molar-refractivity contribution < 1.29 is 13.9 Å². The van der Waals surface area contributed by atoms with Crippen molar-refractivity contribution in [2.24, 2.45) is 0 Å². The van der Waals surface area contributed by atoms with Crippen molar-refractivity contribution in [1.29, 1.82) is 0 Å². The Morgan fingerprint density at radius 2 is 1.88 bits per heavy atom. The lowest BCUT2D eigenvalue weighted by Crippen LogP contribution is -2.30. The molecule has 0 aliphatic heterocycles. The molecule has 1 heterocycles. The van der Waals surface area contributed by atoms with Crippen LogP contribution in [-0.2, 0) is 11.3 Å².